The Bertz CT molecular complexity index is 679. The highest BCUT2D eigenvalue weighted by Crippen LogP contribution is 2.32. The Labute approximate surface area is 141 Å². The van der Waals surface area contributed by atoms with Crippen molar-refractivity contribution in [3.8, 4) is 0 Å². The van der Waals surface area contributed by atoms with Gasteiger partial charge in [-0.3, -0.25) is 0 Å². The summed E-state index contributed by atoms with van der Waals surface area (Å²) in [6, 6.07) is 9.51. The predicted octanol–water partition coefficient (Wildman–Crippen LogP) is 5.13. The Morgan fingerprint density at radius 2 is 2.04 bits per heavy atom. The molecule has 1 aliphatic carbocycles. The minimum absolute atomic E-state index is 0.363. The first kappa shape index (κ1) is 16.3. The fourth-order valence-electron chi connectivity index (χ4n) is 2.29. The third kappa shape index (κ3) is 4.23. The molecule has 0 spiro atoms. The van der Waals surface area contributed by atoms with Crippen molar-refractivity contribution in [3.05, 3.63) is 52.2 Å². The molecule has 7 heteroatoms. The van der Waals surface area contributed by atoms with E-state index < -0.39 is 11.7 Å². The van der Waals surface area contributed by atoms with Crippen LogP contribution in [0.3, 0.4) is 0 Å². The largest absolute Gasteiger partial charge is 0.416 e. The molecule has 1 aromatic carbocycles. The topological polar surface area (TPSA) is 15.3 Å². The number of thiophene rings is 1. The van der Waals surface area contributed by atoms with E-state index in [2.05, 4.69) is 10.2 Å². The van der Waals surface area contributed by atoms with Crippen LogP contribution in [-0.4, -0.2) is 16.1 Å². The molecule has 0 aliphatic heterocycles. The summed E-state index contributed by atoms with van der Waals surface area (Å²) in [6.07, 6.45) is -2.22. The summed E-state index contributed by atoms with van der Waals surface area (Å²) in [5.41, 5.74) is -0.316. The molecule has 3 rings (SSSR count). The van der Waals surface area contributed by atoms with Gasteiger partial charge in [0.05, 0.1) is 12.1 Å². The highest BCUT2D eigenvalue weighted by atomic mass is 32.1. The molecule has 1 N–H and O–H groups in total. The average molecular weight is 356 g/mol. The Hall–Kier alpha value is -1.60. The van der Waals surface area contributed by atoms with Crippen LogP contribution in [0, 0.1) is 0 Å². The summed E-state index contributed by atoms with van der Waals surface area (Å²) in [5, 5.41) is 5.43. The third-order valence-corrected chi connectivity index (χ3v) is 4.79. The van der Waals surface area contributed by atoms with E-state index in [0.717, 1.165) is 25.0 Å². The van der Waals surface area contributed by atoms with Crippen molar-refractivity contribution < 1.29 is 13.2 Å². The first-order chi connectivity index (χ1) is 10.9. The van der Waals surface area contributed by atoms with Crippen molar-refractivity contribution in [2.45, 2.75) is 31.6 Å². The van der Waals surface area contributed by atoms with Crippen LogP contribution in [0.4, 0.5) is 18.9 Å². The van der Waals surface area contributed by atoms with Crippen LogP contribution in [0.1, 0.15) is 23.3 Å². The zero-order valence-corrected chi connectivity index (χ0v) is 13.8. The fraction of sp³-hybridized carbons (Fsp3) is 0.312. The molecule has 0 bridgehead atoms. The third-order valence-electron chi connectivity index (χ3n) is 3.60. The lowest BCUT2D eigenvalue weighted by Crippen LogP contribution is -2.35. The minimum Gasteiger partial charge on any atom is -0.341 e. The van der Waals surface area contributed by atoms with Gasteiger partial charge in [-0.15, -0.1) is 11.3 Å². The van der Waals surface area contributed by atoms with Gasteiger partial charge in [-0.2, -0.15) is 13.2 Å². The number of hydrogen-bond acceptors (Lipinski definition) is 2. The lowest BCUT2D eigenvalue weighted by Gasteiger charge is -2.25. The standard InChI is InChI=1S/C16H15F3N2S2/c17-16(18,19)11-3-1-4-12(9-11)20-15(22)21(13-6-7-13)10-14-5-2-8-23-14/h1-5,8-9,13H,6-7,10H2,(H,20,22). The van der Waals surface area contributed by atoms with E-state index in [1.807, 2.05) is 17.5 Å². The van der Waals surface area contributed by atoms with Crippen LogP contribution in [0.15, 0.2) is 41.8 Å². The average Bonchev–Trinajstić information content (AvgIpc) is 3.20. The van der Waals surface area contributed by atoms with Gasteiger partial charge < -0.3 is 10.2 Å². The molecule has 0 atom stereocenters. The number of anilines is 1. The Kier molecular flexibility index (Phi) is 4.59. The van der Waals surface area contributed by atoms with E-state index in [1.54, 1.807) is 17.4 Å². The molecule has 2 nitrogen and oxygen atoms in total. The number of benzene rings is 1. The summed E-state index contributed by atoms with van der Waals surface area (Å²) < 4.78 is 38.4. The number of thiocarbonyl (C=S) groups is 1. The maximum Gasteiger partial charge on any atom is 0.416 e. The van der Waals surface area contributed by atoms with Crippen molar-refractivity contribution in [2.75, 3.05) is 5.32 Å². The van der Waals surface area contributed by atoms with E-state index >= 15 is 0 Å². The lowest BCUT2D eigenvalue weighted by atomic mass is 10.2. The number of halogens is 3. The van der Waals surface area contributed by atoms with Crippen LogP contribution in [0.5, 0.6) is 0 Å². The smallest absolute Gasteiger partial charge is 0.341 e. The van der Waals surface area contributed by atoms with Gasteiger partial charge >= 0.3 is 6.18 Å². The number of nitrogens with zero attached hydrogens (tertiary/aromatic N) is 1. The van der Waals surface area contributed by atoms with Gasteiger partial charge in [0.1, 0.15) is 0 Å². The van der Waals surface area contributed by atoms with Gasteiger partial charge in [0.2, 0.25) is 0 Å². The molecule has 0 unspecified atom stereocenters. The molecule has 1 fully saturated rings. The van der Waals surface area contributed by atoms with Crippen molar-refractivity contribution in [1.29, 1.82) is 0 Å². The van der Waals surface area contributed by atoms with Crippen LogP contribution >= 0.6 is 23.6 Å². The second-order valence-electron chi connectivity index (χ2n) is 5.45. The molecule has 0 radical (unpaired) electrons. The molecule has 1 heterocycles. The SMILES string of the molecule is FC(F)(F)c1cccc(NC(=S)N(Cc2cccs2)C2CC2)c1. The fourth-order valence-corrected chi connectivity index (χ4v) is 3.33. The van der Waals surface area contributed by atoms with Gasteiger partial charge in [-0.05, 0) is 54.7 Å². The highest BCUT2D eigenvalue weighted by molar-refractivity contribution is 7.80. The quantitative estimate of drug-likeness (QED) is 0.765. The molecule has 23 heavy (non-hydrogen) atoms. The van der Waals surface area contributed by atoms with E-state index in [1.165, 1.54) is 10.9 Å². The predicted molar refractivity (Wildman–Crippen MR) is 90.5 cm³/mol. The van der Waals surface area contributed by atoms with E-state index in [-0.39, 0.29) is 0 Å². The number of alkyl halides is 3. The molecule has 0 saturated heterocycles. The summed E-state index contributed by atoms with van der Waals surface area (Å²) in [7, 11) is 0. The number of rotatable bonds is 4. The number of nitrogens with one attached hydrogen (secondary N) is 1. The minimum atomic E-state index is -4.35. The zero-order valence-electron chi connectivity index (χ0n) is 12.1. The Balaban J connectivity index is 1.72. The molecule has 1 aromatic heterocycles. The Morgan fingerprint density at radius 3 is 2.65 bits per heavy atom. The van der Waals surface area contributed by atoms with Crippen molar-refractivity contribution in [2.24, 2.45) is 0 Å². The van der Waals surface area contributed by atoms with Gasteiger partial charge in [0.15, 0.2) is 5.11 Å². The summed E-state index contributed by atoms with van der Waals surface area (Å²) in [4.78, 5) is 3.24. The summed E-state index contributed by atoms with van der Waals surface area (Å²) in [5.74, 6) is 0. The molecule has 122 valence electrons. The van der Waals surface area contributed by atoms with Gasteiger partial charge in [0, 0.05) is 16.6 Å². The molecule has 1 saturated carbocycles. The number of hydrogen-bond donors (Lipinski definition) is 1. The molecular weight excluding hydrogens is 341 g/mol. The highest BCUT2D eigenvalue weighted by Gasteiger charge is 2.32. The van der Waals surface area contributed by atoms with Gasteiger partial charge in [-0.1, -0.05) is 12.1 Å². The normalized spacial score (nSPS) is 14.6. The lowest BCUT2D eigenvalue weighted by molar-refractivity contribution is -0.137. The molecular formula is C16H15F3N2S2. The van der Waals surface area contributed by atoms with E-state index in [9.17, 15) is 13.2 Å². The summed E-state index contributed by atoms with van der Waals surface area (Å²) >= 11 is 7.07. The van der Waals surface area contributed by atoms with Crippen molar-refractivity contribution >= 4 is 34.4 Å². The van der Waals surface area contributed by atoms with Crippen LogP contribution in [-0.2, 0) is 12.7 Å². The van der Waals surface area contributed by atoms with Gasteiger partial charge in [-0.25, -0.2) is 0 Å². The van der Waals surface area contributed by atoms with E-state index in [0.29, 0.717) is 23.4 Å². The Morgan fingerprint density at radius 1 is 1.26 bits per heavy atom. The monoisotopic (exact) mass is 356 g/mol. The summed E-state index contributed by atoms with van der Waals surface area (Å²) in [6.45, 7) is 0.688. The maximum atomic E-state index is 12.8. The molecule has 2 aromatic rings. The molecule has 1 aliphatic rings. The first-order valence-corrected chi connectivity index (χ1v) is 8.49. The van der Waals surface area contributed by atoms with Gasteiger partial charge in [0.25, 0.3) is 0 Å². The second kappa shape index (κ2) is 6.49. The van der Waals surface area contributed by atoms with Crippen molar-refractivity contribution in [3.63, 3.8) is 0 Å². The van der Waals surface area contributed by atoms with Crippen LogP contribution < -0.4 is 5.32 Å². The molecule has 0 amide bonds. The van der Waals surface area contributed by atoms with Crippen LogP contribution in [0.2, 0.25) is 0 Å². The van der Waals surface area contributed by atoms with Crippen LogP contribution in [0.25, 0.3) is 0 Å². The van der Waals surface area contributed by atoms with E-state index in [4.69, 9.17) is 12.2 Å². The zero-order chi connectivity index (χ0) is 16.4. The second-order valence-corrected chi connectivity index (χ2v) is 6.87. The first-order valence-electron chi connectivity index (χ1n) is 7.21. The maximum absolute atomic E-state index is 12.8. The van der Waals surface area contributed by atoms with Crippen molar-refractivity contribution in [1.82, 2.24) is 4.90 Å².